The van der Waals surface area contributed by atoms with Crippen LogP contribution in [0.15, 0.2) is 0 Å². The van der Waals surface area contributed by atoms with E-state index < -0.39 is 0 Å². The van der Waals surface area contributed by atoms with Crippen LogP contribution in [-0.2, 0) is 4.79 Å². The maximum Gasteiger partial charge on any atom is 0.239 e. The third-order valence-electron chi connectivity index (χ3n) is 2.36. The van der Waals surface area contributed by atoms with Crippen molar-refractivity contribution in [2.24, 2.45) is 0 Å². The van der Waals surface area contributed by atoms with Gasteiger partial charge in [0.05, 0.1) is 12.1 Å². The lowest BCUT2D eigenvalue weighted by atomic mass is 10.0. The number of piperidine rings is 1. The van der Waals surface area contributed by atoms with Crippen LogP contribution in [0.5, 0.6) is 0 Å². The number of hydrogen-bond donors (Lipinski definition) is 1. The van der Waals surface area contributed by atoms with Crippen molar-refractivity contribution in [1.82, 2.24) is 10.2 Å². The highest BCUT2D eigenvalue weighted by Crippen LogP contribution is 2.09. The van der Waals surface area contributed by atoms with Gasteiger partial charge in [-0.25, -0.2) is 0 Å². The average molecular weight is 180 g/mol. The Bertz CT molecular complexity index is 232. The van der Waals surface area contributed by atoms with E-state index in [9.17, 15) is 4.79 Å². The van der Waals surface area contributed by atoms with Gasteiger partial charge in [0.1, 0.15) is 0 Å². The number of nitrogens with zero attached hydrogens (tertiary/aromatic N) is 1. The number of likely N-dealkylation sites (N-methyl/N-ethyl adjacent to an activating group) is 1. The highest BCUT2D eigenvalue weighted by Gasteiger charge is 2.26. The Morgan fingerprint density at radius 2 is 2.46 bits per heavy atom. The molecule has 0 spiro atoms. The third kappa shape index (κ3) is 2.46. The Morgan fingerprint density at radius 3 is 3.08 bits per heavy atom. The molecule has 13 heavy (non-hydrogen) atoms. The van der Waals surface area contributed by atoms with Crippen molar-refractivity contribution >= 4 is 5.91 Å². The van der Waals surface area contributed by atoms with Gasteiger partial charge in [0.25, 0.3) is 0 Å². The zero-order chi connectivity index (χ0) is 9.84. The molecular formula is C10H16N2O. The molecule has 3 nitrogen and oxygen atoms in total. The first kappa shape index (κ1) is 10.1. The minimum Gasteiger partial charge on any atom is -0.344 e. The zero-order valence-corrected chi connectivity index (χ0v) is 8.21. The summed E-state index contributed by atoms with van der Waals surface area (Å²) in [5.41, 5.74) is 0. The first-order chi connectivity index (χ1) is 6.15. The van der Waals surface area contributed by atoms with E-state index in [-0.39, 0.29) is 18.0 Å². The lowest BCUT2D eigenvalue weighted by molar-refractivity contribution is -0.134. The second-order valence-electron chi connectivity index (χ2n) is 3.51. The van der Waals surface area contributed by atoms with E-state index in [1.165, 1.54) is 0 Å². The van der Waals surface area contributed by atoms with Gasteiger partial charge in [-0.15, -0.1) is 6.42 Å². The molecule has 0 aromatic carbocycles. The molecule has 0 aromatic rings. The fraction of sp³-hybridized carbons (Fsp3) is 0.700. The summed E-state index contributed by atoms with van der Waals surface area (Å²) < 4.78 is 0. The topological polar surface area (TPSA) is 32.3 Å². The van der Waals surface area contributed by atoms with Crippen molar-refractivity contribution in [3.8, 4) is 12.3 Å². The predicted octanol–water partition coefficient (Wildman–Crippen LogP) is 0.218. The first-order valence-corrected chi connectivity index (χ1v) is 4.62. The Hall–Kier alpha value is -1.01. The molecule has 0 aromatic heterocycles. The van der Waals surface area contributed by atoms with E-state index in [0.29, 0.717) is 0 Å². The molecule has 1 heterocycles. The summed E-state index contributed by atoms with van der Waals surface area (Å²) in [5.74, 6) is 2.73. The lowest BCUT2D eigenvalue weighted by Crippen LogP contribution is -2.51. The van der Waals surface area contributed by atoms with Crippen molar-refractivity contribution in [2.45, 2.75) is 31.8 Å². The Balaban J connectivity index is 2.50. The van der Waals surface area contributed by atoms with Gasteiger partial charge >= 0.3 is 0 Å². The molecule has 1 aliphatic heterocycles. The number of rotatable bonds is 2. The van der Waals surface area contributed by atoms with Gasteiger partial charge in [-0.05, 0) is 19.8 Å². The molecule has 0 bridgehead atoms. The number of nitrogens with one attached hydrogen (secondary N) is 1. The van der Waals surface area contributed by atoms with Crippen LogP contribution >= 0.6 is 0 Å². The second kappa shape index (κ2) is 4.29. The molecule has 0 radical (unpaired) electrons. The van der Waals surface area contributed by atoms with Gasteiger partial charge in [0.15, 0.2) is 0 Å². The highest BCUT2D eigenvalue weighted by molar-refractivity contribution is 5.82. The minimum atomic E-state index is -0.0789. The third-order valence-corrected chi connectivity index (χ3v) is 2.36. The molecule has 2 atom stereocenters. The summed E-state index contributed by atoms with van der Waals surface area (Å²) >= 11 is 0. The van der Waals surface area contributed by atoms with Crippen LogP contribution < -0.4 is 5.32 Å². The summed E-state index contributed by atoms with van der Waals surface area (Å²) in [4.78, 5) is 13.3. The van der Waals surface area contributed by atoms with E-state index in [1.54, 1.807) is 4.90 Å². The highest BCUT2D eigenvalue weighted by atomic mass is 16.2. The fourth-order valence-electron chi connectivity index (χ4n) is 1.54. The molecule has 1 fully saturated rings. The monoisotopic (exact) mass is 180 g/mol. The summed E-state index contributed by atoms with van der Waals surface area (Å²) in [7, 11) is 1.83. The average Bonchev–Trinajstić information content (AvgIpc) is 2.13. The van der Waals surface area contributed by atoms with Crippen LogP contribution in [0.4, 0.5) is 0 Å². The molecule has 1 rings (SSSR count). The van der Waals surface area contributed by atoms with Crippen LogP contribution in [0.25, 0.3) is 0 Å². The Morgan fingerprint density at radius 1 is 1.77 bits per heavy atom. The van der Waals surface area contributed by atoms with Gasteiger partial charge in [0, 0.05) is 13.6 Å². The van der Waals surface area contributed by atoms with Crippen LogP contribution in [0, 0.1) is 12.3 Å². The summed E-state index contributed by atoms with van der Waals surface area (Å²) in [6.07, 6.45) is 7.18. The lowest BCUT2D eigenvalue weighted by Gasteiger charge is -2.30. The molecule has 0 aliphatic carbocycles. The number of carbonyl (C=O) groups is 1. The Kier molecular flexibility index (Phi) is 3.32. The van der Waals surface area contributed by atoms with Crippen molar-refractivity contribution in [3.63, 3.8) is 0 Å². The number of amides is 1. The molecule has 1 N–H and O–H groups in total. The van der Waals surface area contributed by atoms with Gasteiger partial charge in [-0.3, -0.25) is 10.1 Å². The minimum absolute atomic E-state index is 0.0274. The summed E-state index contributed by atoms with van der Waals surface area (Å²) in [5, 5.41) is 3.12. The number of terminal acetylenes is 1. The van der Waals surface area contributed by atoms with Crippen LogP contribution in [0.3, 0.4) is 0 Å². The van der Waals surface area contributed by atoms with Gasteiger partial charge in [-0.2, -0.15) is 0 Å². The summed E-state index contributed by atoms with van der Waals surface area (Å²) in [6, 6.07) is -0.106. The predicted molar refractivity (Wildman–Crippen MR) is 52.1 cm³/mol. The van der Waals surface area contributed by atoms with E-state index in [4.69, 9.17) is 6.42 Å². The number of hydrogen-bond acceptors (Lipinski definition) is 2. The van der Waals surface area contributed by atoms with Crippen LogP contribution in [0.2, 0.25) is 0 Å². The van der Waals surface area contributed by atoms with Crippen LogP contribution in [-0.4, -0.2) is 36.5 Å². The molecule has 1 aliphatic rings. The van der Waals surface area contributed by atoms with Gasteiger partial charge < -0.3 is 4.90 Å². The van der Waals surface area contributed by atoms with Gasteiger partial charge in [-0.1, -0.05) is 5.92 Å². The standard InChI is InChI=1S/C10H16N2O/c1-4-8(2)11-9-6-5-7-12(3)10(9)13/h1,8-9,11H,5-7H2,2-3H3. The second-order valence-corrected chi connectivity index (χ2v) is 3.51. The molecule has 1 saturated heterocycles. The first-order valence-electron chi connectivity index (χ1n) is 4.62. The van der Waals surface area contributed by atoms with E-state index in [1.807, 2.05) is 14.0 Å². The van der Waals surface area contributed by atoms with Gasteiger partial charge in [0.2, 0.25) is 5.91 Å². The van der Waals surface area contributed by atoms with E-state index in [2.05, 4.69) is 11.2 Å². The number of carbonyl (C=O) groups excluding carboxylic acids is 1. The number of likely N-dealkylation sites (tertiary alicyclic amines) is 1. The van der Waals surface area contributed by atoms with Crippen molar-refractivity contribution in [3.05, 3.63) is 0 Å². The van der Waals surface area contributed by atoms with E-state index >= 15 is 0 Å². The summed E-state index contributed by atoms with van der Waals surface area (Å²) in [6.45, 7) is 2.75. The maximum atomic E-state index is 11.6. The fourth-order valence-corrected chi connectivity index (χ4v) is 1.54. The van der Waals surface area contributed by atoms with Crippen molar-refractivity contribution in [2.75, 3.05) is 13.6 Å². The largest absolute Gasteiger partial charge is 0.344 e. The zero-order valence-electron chi connectivity index (χ0n) is 8.21. The normalized spacial score (nSPS) is 25.5. The Labute approximate surface area is 79.5 Å². The maximum absolute atomic E-state index is 11.6. The molecular weight excluding hydrogens is 164 g/mol. The molecule has 2 unspecified atom stereocenters. The molecule has 0 saturated carbocycles. The van der Waals surface area contributed by atoms with Crippen molar-refractivity contribution < 1.29 is 4.79 Å². The smallest absolute Gasteiger partial charge is 0.239 e. The molecule has 72 valence electrons. The quantitative estimate of drug-likeness (QED) is 0.616. The van der Waals surface area contributed by atoms with E-state index in [0.717, 1.165) is 19.4 Å². The van der Waals surface area contributed by atoms with Crippen LogP contribution in [0.1, 0.15) is 19.8 Å². The molecule has 1 amide bonds. The molecule has 3 heteroatoms. The SMILES string of the molecule is C#CC(C)NC1CCCN(C)C1=O. The van der Waals surface area contributed by atoms with Crippen molar-refractivity contribution in [1.29, 1.82) is 0 Å².